The van der Waals surface area contributed by atoms with E-state index in [9.17, 15) is 34.7 Å². The van der Waals surface area contributed by atoms with Gasteiger partial charge in [0.2, 0.25) is 0 Å². The molecular formula is C21H20N2O8. The largest absolute Gasteiger partial charge is 0.508 e. The molecule has 3 fully saturated rings. The second kappa shape index (κ2) is 6.63. The van der Waals surface area contributed by atoms with Crippen molar-refractivity contribution < 1.29 is 39.4 Å². The van der Waals surface area contributed by atoms with Crippen LogP contribution in [0.25, 0.3) is 0 Å². The summed E-state index contributed by atoms with van der Waals surface area (Å²) in [6.07, 6.45) is 1.99. The fraction of sp³-hybridized carbons (Fsp3) is 0.429. The van der Waals surface area contributed by atoms with Crippen molar-refractivity contribution in [3.05, 3.63) is 35.4 Å². The summed E-state index contributed by atoms with van der Waals surface area (Å²) in [4.78, 5) is 50.5. The number of phenolic OH excluding ortho intramolecular Hbond substituents is 1. The Labute approximate surface area is 176 Å². The number of nitrogens with zero attached hydrogens (tertiary/aromatic N) is 2. The molecule has 2 aliphatic carbocycles. The fourth-order valence-corrected chi connectivity index (χ4v) is 5.90. The Morgan fingerprint density at radius 1 is 0.903 bits per heavy atom. The summed E-state index contributed by atoms with van der Waals surface area (Å²) < 4.78 is 5.41. The monoisotopic (exact) mass is 428 g/mol. The second-order valence-electron chi connectivity index (χ2n) is 8.39. The number of hydroxylamine groups is 4. The molecular weight excluding hydrogens is 408 g/mol. The van der Waals surface area contributed by atoms with E-state index in [4.69, 9.17) is 4.74 Å². The highest BCUT2D eigenvalue weighted by Crippen LogP contribution is 2.59. The molecule has 6 unspecified atom stereocenters. The molecule has 3 N–H and O–H groups in total. The minimum atomic E-state index is -0.990. The third-order valence-electron chi connectivity index (χ3n) is 7.18. The smallest absolute Gasteiger partial charge is 0.258 e. The number of rotatable bonds is 2. The number of carbonyl (C=O) groups is 4. The zero-order chi connectivity index (χ0) is 22.2. The van der Waals surface area contributed by atoms with Crippen molar-refractivity contribution in [1.82, 2.24) is 10.1 Å². The van der Waals surface area contributed by atoms with E-state index in [1.54, 1.807) is 18.2 Å². The number of methoxy groups -OCH3 is 1. The van der Waals surface area contributed by atoms with Crippen LogP contribution in [0.3, 0.4) is 0 Å². The third kappa shape index (κ3) is 2.45. The highest BCUT2D eigenvalue weighted by molar-refractivity contribution is 6.06. The lowest BCUT2D eigenvalue weighted by atomic mass is 9.57. The number of phenols is 1. The van der Waals surface area contributed by atoms with Crippen molar-refractivity contribution >= 4 is 23.6 Å². The van der Waals surface area contributed by atoms with E-state index in [1.807, 2.05) is 0 Å². The summed E-state index contributed by atoms with van der Waals surface area (Å²) in [5, 5.41) is 30.9. The minimum Gasteiger partial charge on any atom is -0.508 e. The van der Waals surface area contributed by atoms with E-state index < -0.39 is 59.1 Å². The first-order valence-corrected chi connectivity index (χ1v) is 9.97. The molecule has 4 aliphatic rings. The summed E-state index contributed by atoms with van der Waals surface area (Å²) >= 11 is 0. The fourth-order valence-electron chi connectivity index (χ4n) is 5.90. The maximum absolute atomic E-state index is 12.9. The number of aromatic hydroxyl groups is 1. The highest BCUT2D eigenvalue weighted by atomic mass is 16.5. The normalized spacial score (nSPS) is 34.5. The van der Waals surface area contributed by atoms with Gasteiger partial charge in [-0.3, -0.25) is 29.6 Å². The molecule has 5 rings (SSSR count). The summed E-state index contributed by atoms with van der Waals surface area (Å²) in [6.45, 7) is 0. The lowest BCUT2D eigenvalue weighted by Crippen LogP contribution is -2.43. The number of fused-ring (bicyclic) bond motifs is 4. The van der Waals surface area contributed by atoms with Gasteiger partial charge in [-0.15, -0.1) is 0 Å². The van der Waals surface area contributed by atoms with Crippen LogP contribution in [-0.4, -0.2) is 56.4 Å². The van der Waals surface area contributed by atoms with Gasteiger partial charge in [-0.1, -0.05) is 17.7 Å². The van der Waals surface area contributed by atoms with Crippen molar-refractivity contribution in [2.24, 2.45) is 29.6 Å². The molecule has 4 amide bonds. The Morgan fingerprint density at radius 3 is 2.23 bits per heavy atom. The van der Waals surface area contributed by atoms with Crippen LogP contribution < -0.4 is 4.74 Å². The lowest BCUT2D eigenvalue weighted by molar-refractivity contribution is -0.174. The summed E-state index contributed by atoms with van der Waals surface area (Å²) in [7, 11) is 1.41. The minimum absolute atomic E-state index is 0.0680. The summed E-state index contributed by atoms with van der Waals surface area (Å²) in [5.74, 6) is -7.90. The van der Waals surface area contributed by atoms with Crippen LogP contribution in [0.2, 0.25) is 0 Å². The topological polar surface area (TPSA) is 145 Å². The Bertz CT molecular complexity index is 1070. The zero-order valence-electron chi connectivity index (χ0n) is 16.5. The quantitative estimate of drug-likeness (QED) is 0.357. The van der Waals surface area contributed by atoms with Gasteiger partial charge >= 0.3 is 0 Å². The highest BCUT2D eigenvalue weighted by Gasteiger charge is 2.62. The number of allylic oxidation sites excluding steroid dienone is 2. The molecule has 0 aromatic heterocycles. The van der Waals surface area contributed by atoms with E-state index in [2.05, 4.69) is 0 Å². The molecule has 10 nitrogen and oxygen atoms in total. The number of hydrogen-bond acceptors (Lipinski definition) is 8. The van der Waals surface area contributed by atoms with Crippen LogP contribution >= 0.6 is 0 Å². The van der Waals surface area contributed by atoms with Crippen LogP contribution in [0.1, 0.15) is 24.3 Å². The van der Waals surface area contributed by atoms with Gasteiger partial charge in [0, 0.05) is 11.5 Å². The molecule has 31 heavy (non-hydrogen) atoms. The van der Waals surface area contributed by atoms with Gasteiger partial charge in [0.25, 0.3) is 23.6 Å². The molecule has 1 aromatic rings. The molecule has 1 saturated carbocycles. The number of amides is 4. The van der Waals surface area contributed by atoms with E-state index in [1.165, 1.54) is 13.2 Å². The van der Waals surface area contributed by atoms with Crippen molar-refractivity contribution in [1.29, 1.82) is 0 Å². The standard InChI is InChI=1S/C21H20N2O8/c1-31-13-4-2-3-12(24)17(13)15-8-5-6-9-14(20(27)22(29)18(9)25)10(8)7-11-16(15)21(28)23(30)19(11)26/h2-5,9-11,14-16,24,29-30H,6-7H2,1H3. The lowest BCUT2D eigenvalue weighted by Gasteiger charge is -2.44. The Hall–Kier alpha value is -3.24. The van der Waals surface area contributed by atoms with Crippen molar-refractivity contribution in [2.75, 3.05) is 7.11 Å². The molecule has 0 radical (unpaired) electrons. The number of carbonyl (C=O) groups excluding carboxylic acids is 4. The molecule has 0 spiro atoms. The first-order chi connectivity index (χ1) is 14.8. The van der Waals surface area contributed by atoms with Crippen LogP contribution in [0, 0.1) is 29.6 Å². The summed E-state index contributed by atoms with van der Waals surface area (Å²) in [5.41, 5.74) is 0.902. The number of hydrogen-bond donors (Lipinski definition) is 3. The van der Waals surface area contributed by atoms with Gasteiger partial charge in [-0.25, -0.2) is 0 Å². The van der Waals surface area contributed by atoms with Crippen LogP contribution in [0.4, 0.5) is 0 Å². The van der Waals surface area contributed by atoms with E-state index >= 15 is 0 Å². The van der Waals surface area contributed by atoms with Gasteiger partial charge < -0.3 is 9.84 Å². The number of imide groups is 2. The van der Waals surface area contributed by atoms with Crippen molar-refractivity contribution in [3.63, 3.8) is 0 Å². The van der Waals surface area contributed by atoms with Crippen LogP contribution in [0.15, 0.2) is 29.8 Å². The Kier molecular flexibility index (Phi) is 4.21. The Balaban J connectivity index is 1.71. The van der Waals surface area contributed by atoms with Crippen molar-refractivity contribution in [3.8, 4) is 11.5 Å². The molecule has 2 aliphatic heterocycles. The predicted octanol–water partition coefficient (Wildman–Crippen LogP) is 0.815. The zero-order valence-corrected chi connectivity index (χ0v) is 16.5. The van der Waals surface area contributed by atoms with Crippen molar-refractivity contribution in [2.45, 2.75) is 18.8 Å². The van der Waals surface area contributed by atoms with Gasteiger partial charge in [-0.05, 0) is 30.9 Å². The maximum atomic E-state index is 12.9. The van der Waals surface area contributed by atoms with Crippen LogP contribution in [0.5, 0.6) is 11.5 Å². The van der Waals surface area contributed by atoms with Gasteiger partial charge in [0.05, 0.1) is 30.8 Å². The Morgan fingerprint density at radius 2 is 1.55 bits per heavy atom. The van der Waals surface area contributed by atoms with Gasteiger partial charge in [0.1, 0.15) is 11.5 Å². The van der Waals surface area contributed by atoms with Gasteiger partial charge in [0.15, 0.2) is 0 Å². The van der Waals surface area contributed by atoms with Gasteiger partial charge in [-0.2, -0.15) is 10.1 Å². The number of ether oxygens (including phenoxy) is 1. The number of benzene rings is 1. The first kappa shape index (κ1) is 19.7. The maximum Gasteiger partial charge on any atom is 0.258 e. The molecule has 162 valence electrons. The summed E-state index contributed by atoms with van der Waals surface area (Å²) in [6, 6.07) is 4.61. The molecule has 2 saturated heterocycles. The van der Waals surface area contributed by atoms with E-state index in [-0.39, 0.29) is 34.3 Å². The second-order valence-corrected chi connectivity index (χ2v) is 8.39. The molecule has 2 heterocycles. The van der Waals surface area contributed by atoms with Crippen LogP contribution in [-0.2, 0) is 19.2 Å². The average Bonchev–Trinajstić information content (AvgIpc) is 3.12. The van der Waals surface area contributed by atoms with E-state index in [0.717, 1.165) is 0 Å². The molecule has 6 atom stereocenters. The average molecular weight is 428 g/mol. The van der Waals surface area contributed by atoms with E-state index in [0.29, 0.717) is 11.3 Å². The molecule has 0 bridgehead atoms. The third-order valence-corrected chi connectivity index (χ3v) is 7.18. The molecule has 10 heteroatoms. The SMILES string of the molecule is COc1cccc(O)c1C1C2=CCC3C(=O)N(O)C(=O)C3C2CC2C(=O)N(O)C(=O)C21. The first-order valence-electron chi connectivity index (χ1n) is 9.97. The predicted molar refractivity (Wildman–Crippen MR) is 99.4 cm³/mol. The molecule has 1 aromatic carbocycles.